The van der Waals surface area contributed by atoms with Gasteiger partial charge in [0.1, 0.15) is 11.5 Å². The van der Waals surface area contributed by atoms with Crippen molar-refractivity contribution >= 4 is 40.4 Å². The molecule has 0 radical (unpaired) electrons. The van der Waals surface area contributed by atoms with Gasteiger partial charge in [-0.2, -0.15) is 0 Å². The van der Waals surface area contributed by atoms with E-state index < -0.39 is 0 Å². The van der Waals surface area contributed by atoms with E-state index in [4.69, 9.17) is 21.1 Å². The Balaban J connectivity index is 1.58. The first-order valence-electron chi connectivity index (χ1n) is 9.37. The van der Waals surface area contributed by atoms with Crippen LogP contribution in [0, 0.1) is 0 Å². The fraction of sp³-hybridized carbons (Fsp3) is 0.182. The van der Waals surface area contributed by atoms with E-state index in [9.17, 15) is 9.59 Å². The first-order valence-corrected chi connectivity index (χ1v) is 10.6. The zero-order chi connectivity index (χ0) is 21.3. The number of carbonyl (C=O) groups is 2. The predicted molar refractivity (Wildman–Crippen MR) is 119 cm³/mol. The van der Waals surface area contributed by atoms with Gasteiger partial charge in [-0.25, -0.2) is 0 Å². The molecule has 0 saturated heterocycles. The Labute approximate surface area is 183 Å². The molecule has 0 aliphatic heterocycles. The van der Waals surface area contributed by atoms with Gasteiger partial charge in [-0.3, -0.25) is 9.59 Å². The van der Waals surface area contributed by atoms with Crippen molar-refractivity contribution < 1.29 is 19.1 Å². The summed E-state index contributed by atoms with van der Waals surface area (Å²) in [4.78, 5) is 24.9. The maximum atomic E-state index is 12.3. The van der Waals surface area contributed by atoms with Gasteiger partial charge in [-0.05, 0) is 60.8 Å². The molecule has 0 fully saturated rings. The second kappa shape index (κ2) is 10.7. The Morgan fingerprint density at radius 2 is 1.83 bits per heavy atom. The van der Waals surface area contributed by atoms with Crippen LogP contribution in [0.5, 0.6) is 17.2 Å². The van der Waals surface area contributed by atoms with Crippen LogP contribution in [0.25, 0.3) is 0 Å². The van der Waals surface area contributed by atoms with Gasteiger partial charge in [0.2, 0.25) is 5.91 Å². The molecule has 30 heavy (non-hydrogen) atoms. The summed E-state index contributed by atoms with van der Waals surface area (Å²) < 4.78 is 11.3. The maximum absolute atomic E-state index is 12.3. The lowest BCUT2D eigenvalue weighted by Crippen LogP contribution is -2.27. The first-order chi connectivity index (χ1) is 14.5. The van der Waals surface area contributed by atoms with Crippen molar-refractivity contribution in [2.24, 2.45) is 0 Å². The average Bonchev–Trinajstić information content (AvgIpc) is 3.26. The number of hydrogen-bond donors (Lipinski definition) is 2. The zero-order valence-corrected chi connectivity index (χ0v) is 17.9. The maximum Gasteiger partial charge on any atom is 0.261 e. The quantitative estimate of drug-likeness (QED) is 0.466. The molecule has 0 atom stereocenters. The lowest BCUT2D eigenvalue weighted by atomic mass is 10.2. The molecule has 0 saturated carbocycles. The fourth-order valence-electron chi connectivity index (χ4n) is 2.58. The molecule has 3 aromatic rings. The third-order valence-electron chi connectivity index (χ3n) is 3.96. The van der Waals surface area contributed by atoms with E-state index in [1.54, 1.807) is 42.5 Å². The third-order valence-corrected chi connectivity index (χ3v) is 5.06. The number of hydrogen-bond acceptors (Lipinski definition) is 5. The topological polar surface area (TPSA) is 76.7 Å². The monoisotopic (exact) mass is 444 g/mol. The van der Waals surface area contributed by atoms with Crippen molar-refractivity contribution in [1.29, 1.82) is 0 Å². The molecule has 1 heterocycles. The molecule has 1 aromatic heterocycles. The van der Waals surface area contributed by atoms with Crippen LogP contribution in [0.3, 0.4) is 0 Å². The van der Waals surface area contributed by atoms with Crippen LogP contribution in [0.1, 0.15) is 23.0 Å². The number of amides is 2. The van der Waals surface area contributed by atoms with Crippen molar-refractivity contribution in [3.63, 3.8) is 0 Å². The summed E-state index contributed by atoms with van der Waals surface area (Å²) in [5.41, 5.74) is 0.450. The summed E-state index contributed by atoms with van der Waals surface area (Å²) in [6, 6.07) is 15.7. The number of anilines is 1. The van der Waals surface area contributed by atoms with Gasteiger partial charge in [0.05, 0.1) is 17.2 Å². The van der Waals surface area contributed by atoms with Crippen molar-refractivity contribution in [2.45, 2.75) is 13.3 Å². The minimum absolute atomic E-state index is 0.117. The molecule has 0 spiro atoms. The highest BCUT2D eigenvalue weighted by Gasteiger charge is 2.12. The van der Waals surface area contributed by atoms with Crippen LogP contribution < -0.4 is 20.1 Å². The Kier molecular flexibility index (Phi) is 7.70. The molecule has 6 nitrogen and oxygen atoms in total. The summed E-state index contributed by atoms with van der Waals surface area (Å²) in [6.45, 7) is 2.72. The molecule has 2 N–H and O–H groups in total. The summed E-state index contributed by atoms with van der Waals surface area (Å²) >= 11 is 7.43. The highest BCUT2D eigenvalue weighted by atomic mass is 35.5. The van der Waals surface area contributed by atoms with Crippen LogP contribution in [-0.4, -0.2) is 25.0 Å². The molecular formula is C22H21ClN2O4S. The highest BCUT2D eigenvalue weighted by molar-refractivity contribution is 7.12. The van der Waals surface area contributed by atoms with Gasteiger partial charge in [0.15, 0.2) is 5.75 Å². The summed E-state index contributed by atoms with van der Waals surface area (Å²) in [5.74, 6) is 1.35. The first kappa shape index (κ1) is 21.7. The van der Waals surface area contributed by atoms with Gasteiger partial charge in [0, 0.05) is 18.0 Å². The van der Waals surface area contributed by atoms with E-state index in [-0.39, 0.29) is 24.8 Å². The summed E-state index contributed by atoms with van der Waals surface area (Å²) in [7, 11) is 0. The van der Waals surface area contributed by atoms with Gasteiger partial charge < -0.3 is 20.1 Å². The third kappa shape index (κ3) is 6.23. The summed E-state index contributed by atoms with van der Waals surface area (Å²) in [5, 5.41) is 7.81. The molecule has 8 heteroatoms. The number of halogens is 1. The molecule has 0 aliphatic carbocycles. The van der Waals surface area contributed by atoms with Gasteiger partial charge >= 0.3 is 0 Å². The highest BCUT2D eigenvalue weighted by Crippen LogP contribution is 2.32. The van der Waals surface area contributed by atoms with E-state index in [0.717, 1.165) is 5.75 Å². The number of rotatable bonds is 9. The van der Waals surface area contributed by atoms with Crippen LogP contribution in [0.2, 0.25) is 5.02 Å². The molecule has 2 amide bonds. The van der Waals surface area contributed by atoms with E-state index in [0.29, 0.717) is 33.7 Å². The molecular weight excluding hydrogens is 424 g/mol. The Morgan fingerprint density at radius 3 is 2.53 bits per heavy atom. The SMILES string of the molecule is CCOc1ccc(Oc2ccc(Cl)cc2NC(=O)CCNC(=O)c2cccs2)cc1. The Morgan fingerprint density at radius 1 is 1.07 bits per heavy atom. The standard InChI is InChI=1S/C22H21ClN2O4S/c1-2-28-16-6-8-17(9-7-16)29-19-10-5-15(23)14-18(19)25-21(26)11-12-24-22(27)20-4-3-13-30-20/h3-10,13-14H,2,11-12H2,1H3,(H,24,27)(H,25,26). The number of carbonyl (C=O) groups excluding carboxylic acids is 2. The number of benzene rings is 2. The largest absolute Gasteiger partial charge is 0.494 e. The Hall–Kier alpha value is -3.03. The molecule has 156 valence electrons. The number of ether oxygens (including phenoxy) is 2. The average molecular weight is 445 g/mol. The lowest BCUT2D eigenvalue weighted by molar-refractivity contribution is -0.116. The molecule has 0 bridgehead atoms. The minimum atomic E-state index is -0.264. The normalized spacial score (nSPS) is 10.3. The minimum Gasteiger partial charge on any atom is -0.494 e. The molecule has 0 aliphatic rings. The van der Waals surface area contributed by atoms with Gasteiger partial charge in [-0.15, -0.1) is 11.3 Å². The van der Waals surface area contributed by atoms with Crippen LogP contribution in [0.15, 0.2) is 60.0 Å². The van der Waals surface area contributed by atoms with Crippen molar-refractivity contribution in [1.82, 2.24) is 5.32 Å². The van der Waals surface area contributed by atoms with E-state index in [1.807, 2.05) is 24.4 Å². The summed E-state index contributed by atoms with van der Waals surface area (Å²) in [6.07, 6.45) is 0.117. The smallest absolute Gasteiger partial charge is 0.261 e. The van der Waals surface area contributed by atoms with Crippen molar-refractivity contribution in [2.75, 3.05) is 18.5 Å². The van der Waals surface area contributed by atoms with Gasteiger partial charge in [-0.1, -0.05) is 17.7 Å². The fourth-order valence-corrected chi connectivity index (χ4v) is 3.40. The van der Waals surface area contributed by atoms with E-state index in [2.05, 4.69) is 10.6 Å². The Bertz CT molecular complexity index is 991. The number of thiophene rings is 1. The van der Waals surface area contributed by atoms with E-state index in [1.165, 1.54) is 11.3 Å². The second-order valence-corrected chi connectivity index (χ2v) is 7.56. The van der Waals surface area contributed by atoms with Crippen LogP contribution >= 0.6 is 22.9 Å². The van der Waals surface area contributed by atoms with Crippen molar-refractivity contribution in [3.05, 3.63) is 69.9 Å². The van der Waals surface area contributed by atoms with Crippen LogP contribution in [-0.2, 0) is 4.79 Å². The lowest BCUT2D eigenvalue weighted by Gasteiger charge is -2.13. The van der Waals surface area contributed by atoms with E-state index >= 15 is 0 Å². The molecule has 2 aromatic carbocycles. The predicted octanol–water partition coefficient (Wildman–Crippen LogP) is 5.35. The second-order valence-electron chi connectivity index (χ2n) is 6.18. The molecule has 3 rings (SSSR count). The number of nitrogens with one attached hydrogen (secondary N) is 2. The zero-order valence-electron chi connectivity index (χ0n) is 16.3. The molecule has 0 unspecified atom stereocenters. The van der Waals surface area contributed by atoms with Crippen molar-refractivity contribution in [3.8, 4) is 17.2 Å². The van der Waals surface area contributed by atoms with Crippen LogP contribution in [0.4, 0.5) is 5.69 Å². The van der Waals surface area contributed by atoms with Gasteiger partial charge in [0.25, 0.3) is 5.91 Å².